The molecule has 1 rings (SSSR count). The number of esters is 2. The van der Waals surface area contributed by atoms with E-state index in [2.05, 4.69) is 22.6 Å². The maximum absolute atomic E-state index is 11.0. The largest absolute Gasteiger partial charge is 0.478 e. The van der Waals surface area contributed by atoms with Crippen LogP contribution in [0.3, 0.4) is 0 Å². The van der Waals surface area contributed by atoms with Crippen molar-refractivity contribution in [2.24, 2.45) is 0 Å². The number of hydrogen-bond acceptors (Lipinski definition) is 5. The van der Waals surface area contributed by atoms with Crippen molar-refractivity contribution in [2.45, 2.75) is 13.3 Å². The Labute approximate surface area is 159 Å². The summed E-state index contributed by atoms with van der Waals surface area (Å²) in [5.41, 5.74) is 1.60. The van der Waals surface area contributed by atoms with Crippen molar-refractivity contribution in [1.82, 2.24) is 0 Å². The summed E-state index contributed by atoms with van der Waals surface area (Å²) in [4.78, 5) is 31.8. The minimum Gasteiger partial charge on any atom is -0.478 e. The van der Waals surface area contributed by atoms with E-state index in [4.69, 9.17) is 5.11 Å². The van der Waals surface area contributed by atoms with Gasteiger partial charge in [0.25, 0.3) is 0 Å². The molecule has 0 heterocycles. The highest BCUT2D eigenvalue weighted by atomic mass is 16.5. The van der Waals surface area contributed by atoms with Crippen molar-refractivity contribution in [3.8, 4) is 0 Å². The zero-order chi connectivity index (χ0) is 20.7. The third kappa shape index (κ3) is 11.7. The number of benzene rings is 1. The molecule has 0 aliphatic rings. The summed E-state index contributed by atoms with van der Waals surface area (Å²) in [5.74, 6) is -2.08. The highest BCUT2D eigenvalue weighted by Crippen LogP contribution is 2.06. The SMILES string of the molecule is C=C(C=CC(=O)O)C(=O)OCC.C=C(CC=Cc1ccccc1)C(=O)OC. The molecule has 1 aromatic carbocycles. The number of methoxy groups -OCH3 is 1. The van der Waals surface area contributed by atoms with Gasteiger partial charge in [-0.2, -0.15) is 0 Å². The minimum absolute atomic E-state index is 0.0271. The van der Waals surface area contributed by atoms with Gasteiger partial charge in [-0.3, -0.25) is 0 Å². The van der Waals surface area contributed by atoms with Gasteiger partial charge >= 0.3 is 17.9 Å². The molecule has 1 aromatic rings. The molecule has 0 radical (unpaired) electrons. The smallest absolute Gasteiger partial charge is 0.337 e. The molecule has 0 bridgehead atoms. The van der Waals surface area contributed by atoms with Gasteiger partial charge in [0.1, 0.15) is 0 Å². The Morgan fingerprint density at radius 1 is 1.07 bits per heavy atom. The molecule has 0 saturated heterocycles. The predicted octanol–water partition coefficient (Wildman–Crippen LogP) is 3.57. The Morgan fingerprint density at radius 3 is 2.22 bits per heavy atom. The van der Waals surface area contributed by atoms with Crippen LogP contribution in [0.25, 0.3) is 6.08 Å². The summed E-state index contributed by atoms with van der Waals surface area (Å²) in [6.07, 6.45) is 6.30. The van der Waals surface area contributed by atoms with Gasteiger partial charge in [-0.1, -0.05) is 55.6 Å². The van der Waals surface area contributed by atoms with Gasteiger partial charge in [-0.25, -0.2) is 14.4 Å². The van der Waals surface area contributed by atoms with Gasteiger partial charge in [0, 0.05) is 11.6 Å². The quantitative estimate of drug-likeness (QED) is 0.426. The van der Waals surface area contributed by atoms with Crippen LogP contribution in [-0.2, 0) is 23.9 Å². The van der Waals surface area contributed by atoms with Crippen LogP contribution in [0.4, 0.5) is 0 Å². The number of rotatable bonds is 8. The van der Waals surface area contributed by atoms with Crippen LogP contribution in [0.5, 0.6) is 0 Å². The molecule has 0 spiro atoms. The first kappa shape index (κ1) is 23.6. The van der Waals surface area contributed by atoms with Crippen molar-refractivity contribution in [1.29, 1.82) is 0 Å². The molecule has 0 amide bonds. The van der Waals surface area contributed by atoms with E-state index >= 15 is 0 Å². The van der Waals surface area contributed by atoms with E-state index in [1.165, 1.54) is 7.11 Å². The van der Waals surface area contributed by atoms with Crippen LogP contribution in [0.15, 0.2) is 72.9 Å². The Kier molecular flexibility index (Phi) is 12.1. The fourth-order valence-electron chi connectivity index (χ4n) is 1.59. The molecule has 0 aliphatic carbocycles. The molecule has 0 saturated carbocycles. The van der Waals surface area contributed by atoms with Crippen LogP contribution in [0.1, 0.15) is 18.9 Å². The second-order valence-electron chi connectivity index (χ2n) is 5.03. The van der Waals surface area contributed by atoms with Gasteiger partial charge < -0.3 is 14.6 Å². The standard InChI is InChI=1S/C13H14O2.C8H10O4/c1-11(13(14)15-2)7-6-10-12-8-4-3-5-9-12;1-3-12-8(11)6(2)4-5-7(9)10/h3-6,8-10H,1,7H2,2H3;4-5H,2-3H2,1H3,(H,9,10). The third-order valence-electron chi connectivity index (χ3n) is 2.91. The predicted molar refractivity (Wildman–Crippen MR) is 104 cm³/mol. The average molecular weight is 372 g/mol. The van der Waals surface area contributed by atoms with Crippen molar-refractivity contribution in [3.63, 3.8) is 0 Å². The van der Waals surface area contributed by atoms with Crippen molar-refractivity contribution in [3.05, 3.63) is 78.4 Å². The topological polar surface area (TPSA) is 89.9 Å². The Balaban J connectivity index is 0.000000516. The van der Waals surface area contributed by atoms with Crippen LogP contribution < -0.4 is 0 Å². The van der Waals surface area contributed by atoms with Crippen LogP contribution in [0.2, 0.25) is 0 Å². The molecule has 6 heteroatoms. The van der Waals surface area contributed by atoms with Gasteiger partial charge in [0.05, 0.1) is 19.3 Å². The lowest BCUT2D eigenvalue weighted by molar-refractivity contribution is -0.138. The normalized spacial score (nSPS) is 10.0. The third-order valence-corrected chi connectivity index (χ3v) is 2.91. The first-order valence-corrected chi connectivity index (χ1v) is 8.06. The van der Waals surface area contributed by atoms with Gasteiger partial charge in [-0.05, 0) is 25.0 Å². The summed E-state index contributed by atoms with van der Waals surface area (Å²) >= 11 is 0. The van der Waals surface area contributed by atoms with E-state index in [1.807, 2.05) is 42.5 Å². The number of carbonyl (C=O) groups is 3. The van der Waals surface area contributed by atoms with E-state index in [1.54, 1.807) is 6.92 Å². The highest BCUT2D eigenvalue weighted by Gasteiger charge is 2.03. The molecule has 27 heavy (non-hydrogen) atoms. The molecule has 0 aliphatic heterocycles. The number of carboxylic acids is 1. The first-order chi connectivity index (χ1) is 12.8. The van der Waals surface area contributed by atoms with E-state index in [-0.39, 0.29) is 18.1 Å². The number of hydrogen-bond donors (Lipinski definition) is 1. The van der Waals surface area contributed by atoms with Crippen molar-refractivity contribution < 1.29 is 29.0 Å². The lowest BCUT2D eigenvalue weighted by Gasteiger charge is -1.98. The lowest BCUT2D eigenvalue weighted by Crippen LogP contribution is -2.05. The highest BCUT2D eigenvalue weighted by molar-refractivity contribution is 5.93. The molecule has 6 nitrogen and oxygen atoms in total. The van der Waals surface area contributed by atoms with E-state index < -0.39 is 11.9 Å². The summed E-state index contributed by atoms with van der Waals surface area (Å²) in [6.45, 7) is 8.86. The second-order valence-corrected chi connectivity index (χ2v) is 5.03. The summed E-state index contributed by atoms with van der Waals surface area (Å²) in [6, 6.07) is 9.89. The van der Waals surface area contributed by atoms with E-state index in [0.717, 1.165) is 17.7 Å². The zero-order valence-corrected chi connectivity index (χ0v) is 15.5. The Morgan fingerprint density at radius 2 is 1.70 bits per heavy atom. The molecule has 144 valence electrons. The van der Waals surface area contributed by atoms with E-state index in [0.29, 0.717) is 12.0 Å². The first-order valence-electron chi connectivity index (χ1n) is 8.06. The second kappa shape index (κ2) is 13.8. The number of aliphatic carboxylic acids is 1. The van der Waals surface area contributed by atoms with Gasteiger partial charge in [-0.15, -0.1) is 0 Å². The van der Waals surface area contributed by atoms with Crippen molar-refractivity contribution in [2.75, 3.05) is 13.7 Å². The molecule has 0 fully saturated rings. The Hall–Kier alpha value is -3.41. The van der Waals surface area contributed by atoms with E-state index in [9.17, 15) is 14.4 Å². The van der Waals surface area contributed by atoms with Crippen LogP contribution >= 0.6 is 0 Å². The molecule has 0 aromatic heterocycles. The lowest BCUT2D eigenvalue weighted by atomic mass is 10.1. The number of carbonyl (C=O) groups excluding carboxylic acids is 2. The molecule has 0 atom stereocenters. The minimum atomic E-state index is -1.12. The zero-order valence-electron chi connectivity index (χ0n) is 15.5. The van der Waals surface area contributed by atoms with Gasteiger partial charge in [0.2, 0.25) is 0 Å². The van der Waals surface area contributed by atoms with Gasteiger partial charge in [0.15, 0.2) is 0 Å². The van der Waals surface area contributed by atoms with Crippen molar-refractivity contribution >= 4 is 24.0 Å². The number of allylic oxidation sites excluding steroid dienone is 1. The molecular weight excluding hydrogens is 348 g/mol. The average Bonchev–Trinajstić information content (AvgIpc) is 2.66. The molecule has 0 unspecified atom stereocenters. The summed E-state index contributed by atoms with van der Waals surface area (Å²) < 4.78 is 9.10. The number of ether oxygens (including phenoxy) is 2. The Bertz CT molecular complexity index is 713. The molecular formula is C21H24O6. The van der Waals surface area contributed by atoms with Crippen LogP contribution in [-0.4, -0.2) is 36.7 Å². The fraction of sp³-hybridized carbons (Fsp3) is 0.190. The summed E-state index contributed by atoms with van der Waals surface area (Å²) in [7, 11) is 1.36. The number of carboxylic acid groups (broad SMARTS) is 1. The molecule has 1 N–H and O–H groups in total. The maximum Gasteiger partial charge on any atom is 0.337 e. The monoisotopic (exact) mass is 372 g/mol. The summed E-state index contributed by atoms with van der Waals surface area (Å²) in [5, 5.41) is 8.19. The fourth-order valence-corrected chi connectivity index (χ4v) is 1.59. The van der Waals surface area contributed by atoms with Crippen LogP contribution in [0, 0.1) is 0 Å². The maximum atomic E-state index is 11.0.